The number of hydrogen-bond donors (Lipinski definition) is 1. The molecular formula is C12H17NO2. The SMILES string of the molecule is COC1CCN(Cc2ccc(O)cc2)C1. The van der Waals surface area contributed by atoms with Crippen molar-refractivity contribution < 1.29 is 9.84 Å². The maximum absolute atomic E-state index is 9.16. The van der Waals surface area contributed by atoms with Crippen LogP contribution in [0.4, 0.5) is 0 Å². The first-order valence-corrected chi connectivity index (χ1v) is 5.31. The van der Waals surface area contributed by atoms with Gasteiger partial charge in [0.1, 0.15) is 5.75 Å². The van der Waals surface area contributed by atoms with E-state index in [2.05, 4.69) is 4.90 Å². The van der Waals surface area contributed by atoms with E-state index in [1.54, 1.807) is 19.2 Å². The van der Waals surface area contributed by atoms with Crippen LogP contribution in [-0.4, -0.2) is 36.3 Å². The number of rotatable bonds is 3. The summed E-state index contributed by atoms with van der Waals surface area (Å²) in [7, 11) is 1.77. The second kappa shape index (κ2) is 4.64. The summed E-state index contributed by atoms with van der Waals surface area (Å²) in [6.45, 7) is 3.05. The van der Waals surface area contributed by atoms with E-state index in [1.807, 2.05) is 12.1 Å². The molecule has 82 valence electrons. The van der Waals surface area contributed by atoms with Gasteiger partial charge < -0.3 is 9.84 Å². The predicted octanol–water partition coefficient (Wildman–Crippen LogP) is 1.61. The van der Waals surface area contributed by atoms with Gasteiger partial charge in [0.2, 0.25) is 0 Å². The molecule has 1 aromatic carbocycles. The molecule has 1 heterocycles. The lowest BCUT2D eigenvalue weighted by Gasteiger charge is -2.15. The van der Waals surface area contributed by atoms with E-state index in [-0.39, 0.29) is 0 Å². The van der Waals surface area contributed by atoms with E-state index in [4.69, 9.17) is 9.84 Å². The van der Waals surface area contributed by atoms with Gasteiger partial charge in [-0.25, -0.2) is 0 Å². The fraction of sp³-hybridized carbons (Fsp3) is 0.500. The minimum absolute atomic E-state index is 0.329. The molecule has 1 aromatic rings. The maximum atomic E-state index is 9.16. The van der Waals surface area contributed by atoms with Gasteiger partial charge in [-0.2, -0.15) is 0 Å². The average molecular weight is 207 g/mol. The Hall–Kier alpha value is -1.06. The van der Waals surface area contributed by atoms with Crippen molar-refractivity contribution in [1.29, 1.82) is 0 Å². The standard InChI is InChI=1S/C12H17NO2/c1-15-12-6-7-13(9-12)8-10-2-4-11(14)5-3-10/h2-5,12,14H,6-9H2,1H3. The lowest BCUT2D eigenvalue weighted by atomic mass is 10.2. The number of methoxy groups -OCH3 is 1. The molecule has 0 saturated carbocycles. The quantitative estimate of drug-likeness (QED) is 0.817. The number of hydrogen-bond acceptors (Lipinski definition) is 3. The summed E-state index contributed by atoms with van der Waals surface area (Å²) < 4.78 is 5.32. The monoisotopic (exact) mass is 207 g/mol. The minimum Gasteiger partial charge on any atom is -0.508 e. The molecular weight excluding hydrogens is 190 g/mol. The van der Waals surface area contributed by atoms with Crippen molar-refractivity contribution in [3.8, 4) is 5.75 Å². The number of benzene rings is 1. The topological polar surface area (TPSA) is 32.7 Å². The molecule has 3 heteroatoms. The zero-order valence-corrected chi connectivity index (χ0v) is 9.02. The van der Waals surface area contributed by atoms with E-state index in [1.165, 1.54) is 5.56 Å². The van der Waals surface area contributed by atoms with E-state index in [0.717, 1.165) is 26.1 Å². The van der Waals surface area contributed by atoms with Crippen molar-refractivity contribution in [3.05, 3.63) is 29.8 Å². The summed E-state index contributed by atoms with van der Waals surface area (Å²) in [4.78, 5) is 2.38. The highest BCUT2D eigenvalue weighted by Gasteiger charge is 2.21. The molecule has 1 aliphatic rings. The molecule has 0 amide bonds. The third-order valence-electron chi connectivity index (χ3n) is 2.90. The molecule has 2 rings (SSSR count). The first-order chi connectivity index (χ1) is 7.28. The van der Waals surface area contributed by atoms with Gasteiger partial charge in [0, 0.05) is 26.7 Å². The van der Waals surface area contributed by atoms with Gasteiger partial charge in [-0.05, 0) is 24.1 Å². The lowest BCUT2D eigenvalue weighted by molar-refractivity contribution is 0.107. The van der Waals surface area contributed by atoms with Crippen LogP contribution in [0, 0.1) is 0 Å². The zero-order chi connectivity index (χ0) is 10.7. The molecule has 0 aromatic heterocycles. The fourth-order valence-corrected chi connectivity index (χ4v) is 1.99. The Morgan fingerprint density at radius 3 is 2.73 bits per heavy atom. The van der Waals surface area contributed by atoms with E-state index < -0.39 is 0 Å². The number of aromatic hydroxyl groups is 1. The number of ether oxygens (including phenoxy) is 1. The molecule has 1 unspecified atom stereocenters. The Labute approximate surface area is 90.3 Å². The van der Waals surface area contributed by atoms with Crippen LogP contribution >= 0.6 is 0 Å². The second-order valence-corrected chi connectivity index (χ2v) is 4.05. The Kier molecular flexibility index (Phi) is 3.23. The molecule has 3 nitrogen and oxygen atoms in total. The fourth-order valence-electron chi connectivity index (χ4n) is 1.99. The number of nitrogens with zero attached hydrogens (tertiary/aromatic N) is 1. The molecule has 1 atom stereocenters. The number of likely N-dealkylation sites (tertiary alicyclic amines) is 1. The van der Waals surface area contributed by atoms with E-state index >= 15 is 0 Å². The van der Waals surface area contributed by atoms with Gasteiger partial charge >= 0.3 is 0 Å². The third kappa shape index (κ3) is 2.70. The van der Waals surface area contributed by atoms with Crippen LogP contribution in [0.2, 0.25) is 0 Å². The molecule has 0 aliphatic carbocycles. The summed E-state index contributed by atoms with van der Waals surface area (Å²) in [5, 5.41) is 9.16. The first-order valence-electron chi connectivity index (χ1n) is 5.31. The van der Waals surface area contributed by atoms with Gasteiger partial charge in [0.25, 0.3) is 0 Å². The molecule has 15 heavy (non-hydrogen) atoms. The highest BCUT2D eigenvalue weighted by Crippen LogP contribution is 2.16. The van der Waals surface area contributed by atoms with Gasteiger partial charge in [0.05, 0.1) is 6.10 Å². The van der Waals surface area contributed by atoms with Crippen molar-refractivity contribution in [2.45, 2.75) is 19.1 Å². The van der Waals surface area contributed by atoms with Crippen molar-refractivity contribution in [1.82, 2.24) is 4.90 Å². The smallest absolute Gasteiger partial charge is 0.115 e. The summed E-state index contributed by atoms with van der Waals surface area (Å²) in [6, 6.07) is 7.41. The molecule has 0 spiro atoms. The molecule has 1 aliphatic heterocycles. The van der Waals surface area contributed by atoms with Crippen molar-refractivity contribution >= 4 is 0 Å². The number of phenols is 1. The van der Waals surface area contributed by atoms with E-state index in [0.29, 0.717) is 11.9 Å². The van der Waals surface area contributed by atoms with Crippen LogP contribution in [0.3, 0.4) is 0 Å². The summed E-state index contributed by atoms with van der Waals surface area (Å²) in [5.74, 6) is 0.329. The highest BCUT2D eigenvalue weighted by molar-refractivity contribution is 5.25. The van der Waals surface area contributed by atoms with Gasteiger partial charge in [-0.1, -0.05) is 12.1 Å². The van der Waals surface area contributed by atoms with Crippen LogP contribution in [-0.2, 0) is 11.3 Å². The van der Waals surface area contributed by atoms with Gasteiger partial charge in [-0.15, -0.1) is 0 Å². The normalized spacial score (nSPS) is 22.1. The van der Waals surface area contributed by atoms with Crippen molar-refractivity contribution in [2.24, 2.45) is 0 Å². The largest absolute Gasteiger partial charge is 0.508 e. The summed E-state index contributed by atoms with van der Waals surface area (Å²) >= 11 is 0. The molecule has 0 radical (unpaired) electrons. The van der Waals surface area contributed by atoms with Crippen molar-refractivity contribution in [2.75, 3.05) is 20.2 Å². The molecule has 1 fully saturated rings. The number of phenolic OH excluding ortho intramolecular Hbond substituents is 1. The maximum Gasteiger partial charge on any atom is 0.115 e. The van der Waals surface area contributed by atoms with E-state index in [9.17, 15) is 0 Å². The van der Waals surface area contributed by atoms with Crippen LogP contribution < -0.4 is 0 Å². The zero-order valence-electron chi connectivity index (χ0n) is 9.02. The second-order valence-electron chi connectivity index (χ2n) is 4.05. The average Bonchev–Trinajstić information content (AvgIpc) is 2.69. The minimum atomic E-state index is 0.329. The third-order valence-corrected chi connectivity index (χ3v) is 2.90. The van der Waals surface area contributed by atoms with Crippen LogP contribution in [0.1, 0.15) is 12.0 Å². The molecule has 1 saturated heterocycles. The first kappa shape index (κ1) is 10.5. The summed E-state index contributed by atoms with van der Waals surface area (Å²) in [5.41, 5.74) is 1.24. The Bertz CT molecular complexity index is 310. The predicted molar refractivity (Wildman–Crippen MR) is 58.8 cm³/mol. The van der Waals surface area contributed by atoms with Crippen LogP contribution in [0.5, 0.6) is 5.75 Å². The van der Waals surface area contributed by atoms with Crippen molar-refractivity contribution in [3.63, 3.8) is 0 Å². The summed E-state index contributed by atoms with van der Waals surface area (Å²) in [6.07, 6.45) is 1.51. The lowest BCUT2D eigenvalue weighted by Crippen LogP contribution is -2.22. The highest BCUT2D eigenvalue weighted by atomic mass is 16.5. The van der Waals surface area contributed by atoms with Crippen LogP contribution in [0.15, 0.2) is 24.3 Å². The van der Waals surface area contributed by atoms with Gasteiger partial charge in [0.15, 0.2) is 0 Å². The molecule has 1 N–H and O–H groups in total. The Morgan fingerprint density at radius 1 is 1.40 bits per heavy atom. The molecule has 0 bridgehead atoms. The van der Waals surface area contributed by atoms with Gasteiger partial charge in [-0.3, -0.25) is 4.90 Å². The van der Waals surface area contributed by atoms with Crippen LogP contribution in [0.25, 0.3) is 0 Å². The Morgan fingerprint density at radius 2 is 2.13 bits per heavy atom. The Balaban J connectivity index is 1.90.